The van der Waals surface area contributed by atoms with Crippen molar-refractivity contribution in [3.63, 3.8) is 0 Å². The molecule has 17 heteroatoms. The molecule has 0 saturated carbocycles. The summed E-state index contributed by atoms with van der Waals surface area (Å²) in [7, 11) is -5.30. The van der Waals surface area contributed by atoms with E-state index in [0.717, 1.165) is 12.1 Å². The van der Waals surface area contributed by atoms with Crippen LogP contribution in [0.1, 0.15) is 44.5 Å². The fourth-order valence-electron chi connectivity index (χ4n) is 9.81. The zero-order chi connectivity index (χ0) is 45.1. The summed E-state index contributed by atoms with van der Waals surface area (Å²) in [6, 6.07) is 11.8. The average Bonchev–Trinajstić information content (AvgIpc) is 3.20. The molecule has 61 heavy (non-hydrogen) atoms. The van der Waals surface area contributed by atoms with E-state index in [2.05, 4.69) is 0 Å². The van der Waals surface area contributed by atoms with E-state index in [1.807, 2.05) is 0 Å². The molecule has 0 radical (unpaired) electrons. The molecule has 7 rings (SSSR count). The van der Waals surface area contributed by atoms with Crippen LogP contribution in [-0.4, -0.2) is 5.87 Å². The highest BCUT2D eigenvalue weighted by molar-refractivity contribution is 8.32. The first-order valence-electron chi connectivity index (χ1n) is 18.1. The molecule has 0 unspecified atom stereocenters. The second kappa shape index (κ2) is 14.9. The highest BCUT2D eigenvalue weighted by Crippen LogP contribution is 2.86. The van der Waals surface area contributed by atoms with Crippen molar-refractivity contribution in [3.05, 3.63) is 186 Å². The first-order valence-corrected chi connectivity index (χ1v) is 20.0. The van der Waals surface area contributed by atoms with Gasteiger partial charge in [-0.1, -0.05) is 76.6 Å². The third kappa shape index (κ3) is 5.62. The van der Waals surface area contributed by atoms with Crippen LogP contribution in [0.25, 0.3) is 10.8 Å². The van der Waals surface area contributed by atoms with Crippen LogP contribution in [0.4, 0.5) is 65.9 Å². The minimum Gasteiger partial charge on any atom is -0.207 e. The van der Waals surface area contributed by atoms with Gasteiger partial charge in [0, 0.05) is 16.4 Å². The van der Waals surface area contributed by atoms with E-state index < -0.39 is 128 Å². The fraction of sp³-hybridized carbons (Fsp3) is 0.136. The van der Waals surface area contributed by atoms with Gasteiger partial charge in [-0.25, -0.2) is 65.9 Å². The van der Waals surface area contributed by atoms with E-state index in [1.165, 1.54) is 70.2 Å². The number of benzene rings is 6. The van der Waals surface area contributed by atoms with Crippen molar-refractivity contribution in [2.45, 2.75) is 41.5 Å². The summed E-state index contributed by atoms with van der Waals surface area (Å²) in [6.07, 6.45) is 0. The molecule has 6 aromatic rings. The van der Waals surface area contributed by atoms with Crippen LogP contribution in [0, 0.1) is 129 Å². The molecule has 6 aromatic carbocycles. The molecule has 0 aromatic heterocycles. The Morgan fingerprint density at radius 1 is 0.361 bits per heavy atom. The van der Waals surface area contributed by atoms with Crippen LogP contribution < -0.4 is 21.5 Å². The van der Waals surface area contributed by atoms with E-state index in [9.17, 15) is 4.39 Å². The van der Waals surface area contributed by atoms with Gasteiger partial charge in [0.1, 0.15) is 23.3 Å². The quantitative estimate of drug-likeness (QED) is 0.0514. The SMILES string of the molecule is Cc1cc(C)c([P+]2(c3c(C)cc(C)cc3C)C(c3ccccc3)=C(c3c(F)c(F)c(F)c(F)c3F)[B-]2(c2c(F)c(F)c(F)c(F)c2F)c2c(F)c(F)c(F)c(F)c2F)c(C)c1. The van der Waals surface area contributed by atoms with Crippen LogP contribution in [0.5, 0.6) is 0 Å². The van der Waals surface area contributed by atoms with Gasteiger partial charge in [0.25, 0.3) is 5.87 Å². The molecular formula is C44H27BF15P. The molecule has 0 atom stereocenters. The zero-order valence-corrected chi connectivity index (χ0v) is 33.3. The summed E-state index contributed by atoms with van der Waals surface area (Å²) in [5.74, 6) is -48.4. The highest BCUT2D eigenvalue weighted by Gasteiger charge is 2.75. The number of hydrogen-bond donors (Lipinski definition) is 0. The molecule has 0 saturated heterocycles. The summed E-state index contributed by atoms with van der Waals surface area (Å²) in [5, 5.41) is -1.24. The Kier molecular flexibility index (Phi) is 10.6. The van der Waals surface area contributed by atoms with Crippen molar-refractivity contribution in [1.82, 2.24) is 0 Å². The van der Waals surface area contributed by atoms with Gasteiger partial charge < -0.3 is 0 Å². The molecule has 0 fully saturated rings. The molecule has 1 aliphatic rings. The maximum Gasteiger partial charge on any atom is 0.278 e. The standard InChI is InChI=1S/C44H27BF15P/c1-16-12-18(3)42(19(4)13-16)61(43-20(5)14-17(2)15-21(43)6)44(22-10-8-7-9-11-22)24(23-27(46)33(52)39(58)34(53)28(23)47)45(61,25-29(48)35(54)40(59)36(55)30(25)49)26-31(50)37(56)41(60)38(57)32(26)51/h7-15H,1-6H3. The smallest absolute Gasteiger partial charge is 0.207 e. The Hall–Kier alpha value is -5.50. The molecule has 0 N–H and O–H groups in total. The lowest BCUT2D eigenvalue weighted by Gasteiger charge is -2.63. The maximum atomic E-state index is 17.3. The van der Waals surface area contributed by atoms with E-state index >= 15 is 61.5 Å². The second-order valence-electron chi connectivity index (χ2n) is 15.1. The van der Waals surface area contributed by atoms with Crippen LogP contribution in [-0.2, 0) is 0 Å². The van der Waals surface area contributed by atoms with Crippen molar-refractivity contribution in [2.75, 3.05) is 0 Å². The molecule has 1 heterocycles. The zero-order valence-electron chi connectivity index (χ0n) is 32.4. The lowest BCUT2D eigenvalue weighted by atomic mass is 9.31. The van der Waals surface area contributed by atoms with E-state index in [4.69, 9.17) is 0 Å². The van der Waals surface area contributed by atoms with Gasteiger partial charge in [-0.05, 0) is 70.9 Å². The normalized spacial score (nSPS) is 14.5. The minimum atomic E-state index is -5.53. The molecule has 0 aliphatic carbocycles. The van der Waals surface area contributed by atoms with Crippen LogP contribution in [0.3, 0.4) is 0 Å². The fourth-order valence-corrected chi connectivity index (χ4v) is 17.0. The summed E-state index contributed by atoms with van der Waals surface area (Å²) >= 11 is 0. The predicted molar refractivity (Wildman–Crippen MR) is 204 cm³/mol. The van der Waals surface area contributed by atoms with Crippen LogP contribution in [0.15, 0.2) is 54.6 Å². The van der Waals surface area contributed by atoms with Gasteiger partial charge in [-0.15, -0.1) is 5.47 Å². The third-order valence-electron chi connectivity index (χ3n) is 11.4. The summed E-state index contributed by atoms with van der Waals surface area (Å²) in [4.78, 5) is 0. The monoisotopic (exact) mass is 882 g/mol. The van der Waals surface area contributed by atoms with E-state index in [0.29, 0.717) is 11.1 Å². The van der Waals surface area contributed by atoms with Gasteiger partial charge in [0.05, 0.1) is 10.6 Å². The Morgan fingerprint density at radius 3 is 0.951 bits per heavy atom. The van der Waals surface area contributed by atoms with Gasteiger partial charge in [-0.3, -0.25) is 0 Å². The van der Waals surface area contributed by atoms with Crippen LogP contribution >= 0.6 is 7.14 Å². The Labute approximate surface area is 338 Å². The number of hydrogen-bond acceptors (Lipinski definition) is 0. The first-order chi connectivity index (χ1) is 28.5. The summed E-state index contributed by atoms with van der Waals surface area (Å²) in [6.45, 7) is 8.47. The van der Waals surface area contributed by atoms with Gasteiger partial charge in [-0.2, -0.15) is 0 Å². The highest BCUT2D eigenvalue weighted by atomic mass is 31.2. The molecule has 316 valence electrons. The van der Waals surface area contributed by atoms with Crippen LogP contribution in [0.2, 0.25) is 0 Å². The Bertz CT molecular complexity index is 2680. The summed E-state index contributed by atoms with van der Waals surface area (Å²) in [5.41, 5.74) is -7.97. The second-order valence-corrected chi connectivity index (χ2v) is 18.6. The molecule has 0 spiro atoms. The van der Waals surface area contributed by atoms with Crippen molar-refractivity contribution in [1.29, 1.82) is 0 Å². The van der Waals surface area contributed by atoms with Crippen molar-refractivity contribution < 1.29 is 65.9 Å². The molecule has 0 nitrogen and oxygen atoms in total. The third-order valence-corrected chi connectivity index (χ3v) is 17.4. The predicted octanol–water partition coefficient (Wildman–Crippen LogP) is 11.5. The van der Waals surface area contributed by atoms with Crippen molar-refractivity contribution in [3.8, 4) is 0 Å². The Morgan fingerprint density at radius 2 is 0.639 bits per heavy atom. The lowest BCUT2D eigenvalue weighted by molar-refractivity contribution is 0.376. The van der Waals surface area contributed by atoms with Gasteiger partial charge in [0.2, 0.25) is 5.82 Å². The van der Waals surface area contributed by atoms with E-state index in [-0.39, 0.29) is 38.4 Å². The molecule has 0 amide bonds. The summed E-state index contributed by atoms with van der Waals surface area (Å²) < 4.78 is 243. The number of rotatable bonds is 6. The van der Waals surface area contributed by atoms with Gasteiger partial charge >= 0.3 is 0 Å². The Balaban J connectivity index is 2.08. The van der Waals surface area contributed by atoms with E-state index in [1.54, 1.807) is 13.8 Å². The average molecular weight is 882 g/mol. The number of halogens is 15. The molecular weight excluding hydrogens is 855 g/mol. The minimum absolute atomic E-state index is 0.00842. The van der Waals surface area contributed by atoms with Crippen molar-refractivity contribution in [2.24, 2.45) is 0 Å². The maximum absolute atomic E-state index is 17.3. The lowest BCUT2D eigenvalue weighted by Crippen LogP contribution is -2.74. The largest absolute Gasteiger partial charge is 0.278 e. The van der Waals surface area contributed by atoms with Gasteiger partial charge in [0.15, 0.2) is 58.2 Å². The molecule has 0 bridgehead atoms. The topological polar surface area (TPSA) is 0 Å². The number of aryl methyl sites for hydroxylation is 6. The van der Waals surface area contributed by atoms with Crippen molar-refractivity contribution >= 4 is 45.3 Å². The molecule has 1 aliphatic heterocycles. The first kappa shape index (κ1) is 43.6.